The van der Waals surface area contributed by atoms with Crippen LogP contribution in [0.25, 0.3) is 0 Å². The average Bonchev–Trinajstić information content (AvgIpc) is 0.921. The summed E-state index contributed by atoms with van der Waals surface area (Å²) < 4.78 is 54.6. The second-order valence-electron chi connectivity index (χ2n) is 24.6. The number of Topliss-reactive ketones (excluding diaryl/α,β-unsaturated/α-hetero) is 9. The van der Waals surface area contributed by atoms with Gasteiger partial charge in [0.15, 0.2) is 0 Å². The Morgan fingerprint density at radius 3 is 0.518 bits per heavy atom. The molecule has 45 nitrogen and oxygen atoms in total. The number of hydrogen-bond donors (Lipinski definition) is 9. The molecule has 0 bridgehead atoms. The third kappa shape index (κ3) is 76.2. The molecule has 12 atom stereocenters. The number of esters is 12. The molecule has 0 aromatic rings. The van der Waals surface area contributed by atoms with Gasteiger partial charge in [0.1, 0.15) is 132 Å². The number of aliphatic hydroxyl groups excluding tert-OH is 6. The van der Waals surface area contributed by atoms with Crippen molar-refractivity contribution >= 4 is 142 Å². The first-order valence-electron chi connectivity index (χ1n) is 33.9. The number of ketones is 9. The van der Waals surface area contributed by atoms with Crippen LogP contribution >= 0.6 is 0 Å². The first kappa shape index (κ1) is 114. The molecular weight excluding hydrogens is 1550 g/mol. The van der Waals surface area contributed by atoms with E-state index in [0.29, 0.717) is 0 Å². The van der Waals surface area contributed by atoms with Crippen LogP contribution in [-0.4, -0.2) is 300 Å². The molecule has 0 aliphatic carbocycles. The lowest BCUT2D eigenvalue weighted by atomic mass is 10.2. The van der Waals surface area contributed by atoms with Crippen LogP contribution in [0.5, 0.6) is 0 Å². The number of carbonyl (C=O) groups is 24. The summed E-state index contributed by atoms with van der Waals surface area (Å²) in [7, 11) is 0. The Morgan fingerprint density at radius 2 is 0.360 bits per heavy atom. The average molecular weight is 1650 g/mol. The van der Waals surface area contributed by atoms with Crippen LogP contribution in [0.4, 0.5) is 0 Å². The maximum atomic E-state index is 11.4. The standard InChI is InChI=1S/3C13H18O8.3C10H16O7/c3*1-7(14)4-8(2)20-12(18)6-10(15)13(19)21-9(3)5-11(16)17;3*1-6(11)4-16-9(14)3-8(13)10(15)17-5-7(2)12/h3*8-9H,4-6H2,1-3H3,(H,16,17);3*6-7,11-12H,3-5H2,1-2H3/t2*8-,9-;;2*6-,7-;/m10.10./s1. The second kappa shape index (κ2) is 64.4. The normalized spacial score (nSPS) is 13.2. The lowest BCUT2D eigenvalue weighted by Crippen LogP contribution is -2.27. The van der Waals surface area contributed by atoms with Crippen molar-refractivity contribution in [2.24, 2.45) is 0 Å². The predicted molar refractivity (Wildman–Crippen MR) is 370 cm³/mol. The molecule has 0 spiro atoms. The maximum absolute atomic E-state index is 11.4. The topological polar surface area (TPSA) is 703 Å². The van der Waals surface area contributed by atoms with Crippen molar-refractivity contribution in [2.75, 3.05) is 39.6 Å². The molecule has 0 aliphatic rings. The third-order valence-corrected chi connectivity index (χ3v) is 11.1. The first-order chi connectivity index (χ1) is 52.3. The van der Waals surface area contributed by atoms with Gasteiger partial charge in [0.25, 0.3) is 34.7 Å². The van der Waals surface area contributed by atoms with E-state index >= 15 is 0 Å². The minimum absolute atomic E-state index is 0.0139. The van der Waals surface area contributed by atoms with Crippen LogP contribution in [0.1, 0.15) is 181 Å². The minimum Gasteiger partial charge on any atom is -0.481 e. The molecule has 114 heavy (non-hydrogen) atoms. The molecule has 0 aromatic heterocycles. The second-order valence-corrected chi connectivity index (χ2v) is 24.6. The van der Waals surface area contributed by atoms with E-state index in [1.807, 2.05) is 0 Å². The van der Waals surface area contributed by atoms with Gasteiger partial charge in [-0.25, -0.2) is 28.8 Å². The van der Waals surface area contributed by atoms with E-state index in [1.54, 1.807) is 0 Å². The number of carbonyl (C=O) groups excluding carboxylic acids is 21. The molecule has 4 unspecified atom stereocenters. The highest BCUT2D eigenvalue weighted by atomic mass is 16.6. The molecule has 0 aliphatic heterocycles. The van der Waals surface area contributed by atoms with Gasteiger partial charge >= 0.3 is 89.5 Å². The summed E-state index contributed by atoms with van der Waals surface area (Å²) in [5.74, 6) is -23.7. The Hall–Kier alpha value is -11.2. The fourth-order valence-electron chi connectivity index (χ4n) is 6.59. The van der Waals surface area contributed by atoms with Gasteiger partial charge in [-0.3, -0.25) is 86.3 Å². The summed E-state index contributed by atoms with van der Waals surface area (Å²) >= 11 is 0. The third-order valence-electron chi connectivity index (χ3n) is 11.1. The summed E-state index contributed by atoms with van der Waals surface area (Å²) in [5, 5.41) is 78.3. The number of carboxylic acids is 3. The van der Waals surface area contributed by atoms with Crippen molar-refractivity contribution in [1.82, 2.24) is 0 Å². The molecule has 0 aromatic carbocycles. The van der Waals surface area contributed by atoms with Crippen molar-refractivity contribution < 1.29 is 218 Å². The lowest BCUT2D eigenvalue weighted by Gasteiger charge is -2.12. The maximum Gasteiger partial charge on any atom is 0.375 e. The summed E-state index contributed by atoms with van der Waals surface area (Å²) in [6, 6.07) is 0. The number of aliphatic carboxylic acids is 3. The van der Waals surface area contributed by atoms with E-state index in [9.17, 15) is 115 Å². The van der Waals surface area contributed by atoms with Crippen LogP contribution < -0.4 is 0 Å². The van der Waals surface area contributed by atoms with Crippen molar-refractivity contribution in [1.29, 1.82) is 0 Å². The SMILES string of the molecule is CC(=O)CC(C)OC(=O)CC(=O)C(=O)OC(C)CC(=O)O.CC(=O)C[C@@H](C)OC(=O)CC(=O)C(=O)O[C@H](C)CC(=O)O.CC(=O)C[C@H](C)OC(=O)CC(=O)C(=O)O[C@@H](C)CC(=O)O.CC(O)COC(=O)CC(=O)C(=O)OCC(C)O.C[C@@H](O)COC(=O)CC(=O)C(=O)OC[C@@H](C)O.C[C@H](O)COC(=O)CC(=O)C(=O)OC[C@H](C)O. The van der Waals surface area contributed by atoms with Crippen LogP contribution in [0.3, 0.4) is 0 Å². The minimum atomic E-state index is -1.29. The van der Waals surface area contributed by atoms with Crippen LogP contribution in [-0.2, 0) is 172 Å². The smallest absolute Gasteiger partial charge is 0.375 e. The van der Waals surface area contributed by atoms with Crippen molar-refractivity contribution in [3.8, 4) is 0 Å². The molecule has 0 radical (unpaired) electrons. The van der Waals surface area contributed by atoms with Gasteiger partial charge in [-0.1, -0.05) is 0 Å². The van der Waals surface area contributed by atoms with E-state index in [-0.39, 0.29) is 76.3 Å². The predicted octanol–water partition coefficient (Wildman–Crippen LogP) is -2.83. The van der Waals surface area contributed by atoms with Crippen molar-refractivity contribution in [3.05, 3.63) is 0 Å². The van der Waals surface area contributed by atoms with E-state index < -0.39 is 255 Å². The molecule has 45 heteroatoms. The molecule has 0 rings (SSSR count). The highest BCUT2D eigenvalue weighted by Crippen LogP contribution is 2.09. The van der Waals surface area contributed by atoms with Crippen LogP contribution in [0.2, 0.25) is 0 Å². The van der Waals surface area contributed by atoms with Crippen LogP contribution in [0, 0.1) is 0 Å². The summed E-state index contributed by atoms with van der Waals surface area (Å²) in [6.07, 6.45) is -16.1. The van der Waals surface area contributed by atoms with Crippen molar-refractivity contribution in [2.45, 2.75) is 254 Å². The highest BCUT2D eigenvalue weighted by Gasteiger charge is 2.29. The van der Waals surface area contributed by atoms with Gasteiger partial charge in [-0.05, 0) is 104 Å². The Bertz CT molecular complexity index is 2910. The summed E-state index contributed by atoms with van der Waals surface area (Å²) in [5.41, 5.74) is 0. The zero-order valence-electron chi connectivity index (χ0n) is 65.4. The molecule has 0 saturated carbocycles. The van der Waals surface area contributed by atoms with E-state index in [1.165, 1.54) is 104 Å². The lowest BCUT2D eigenvalue weighted by molar-refractivity contribution is -0.163. The van der Waals surface area contributed by atoms with Gasteiger partial charge in [0.2, 0.25) is 0 Å². The van der Waals surface area contributed by atoms with Crippen LogP contribution in [0.15, 0.2) is 0 Å². The summed E-state index contributed by atoms with van der Waals surface area (Å²) in [6.45, 7) is 19.1. The molecule has 0 saturated heterocycles. The van der Waals surface area contributed by atoms with Gasteiger partial charge in [0, 0.05) is 19.3 Å². The highest BCUT2D eigenvalue weighted by molar-refractivity contribution is 6.39. The monoisotopic (exact) mass is 1650 g/mol. The zero-order chi connectivity index (χ0) is 90.0. The number of ether oxygens (including phenoxy) is 12. The number of rotatable bonds is 48. The Kier molecular flexibility index (Phi) is 64.2. The van der Waals surface area contributed by atoms with Gasteiger partial charge in [-0.2, -0.15) is 0 Å². The number of carboxylic acid groups (broad SMARTS) is 3. The molecule has 0 heterocycles. The zero-order valence-corrected chi connectivity index (χ0v) is 65.4. The number of hydrogen-bond acceptors (Lipinski definition) is 42. The molecule has 0 amide bonds. The van der Waals surface area contributed by atoms with Gasteiger partial charge in [0.05, 0.1) is 55.9 Å². The molecule has 648 valence electrons. The fraction of sp³-hybridized carbons (Fsp3) is 0.652. The van der Waals surface area contributed by atoms with E-state index in [4.69, 9.17) is 60.2 Å². The molecule has 9 N–H and O–H groups in total. The summed E-state index contributed by atoms with van der Waals surface area (Å²) in [4.78, 5) is 265. The fourth-order valence-corrected chi connectivity index (χ4v) is 6.59. The molecular formula is C69H102O45. The Labute approximate surface area is 651 Å². The largest absolute Gasteiger partial charge is 0.481 e. The molecule has 0 fully saturated rings. The first-order valence-corrected chi connectivity index (χ1v) is 33.9. The van der Waals surface area contributed by atoms with Gasteiger partial charge in [-0.15, -0.1) is 0 Å². The quantitative estimate of drug-likeness (QED) is 0.0128. The van der Waals surface area contributed by atoms with Gasteiger partial charge < -0.3 is 103 Å². The Morgan fingerprint density at radius 1 is 0.211 bits per heavy atom. The number of aliphatic hydroxyl groups is 6. The van der Waals surface area contributed by atoms with E-state index in [0.717, 1.165) is 0 Å². The Balaban J connectivity index is -0.000000308. The van der Waals surface area contributed by atoms with Crippen molar-refractivity contribution in [3.63, 3.8) is 0 Å². The van der Waals surface area contributed by atoms with E-state index in [2.05, 4.69) is 42.6 Å².